The molecule has 0 bridgehead atoms. The van der Waals surface area contributed by atoms with Crippen LogP contribution >= 0.6 is 11.3 Å². The van der Waals surface area contributed by atoms with Crippen LogP contribution in [-0.4, -0.2) is 28.7 Å². The summed E-state index contributed by atoms with van der Waals surface area (Å²) in [6.07, 6.45) is 10.1. The molecule has 6 heteroatoms. The predicted molar refractivity (Wildman–Crippen MR) is 117 cm³/mol. The van der Waals surface area contributed by atoms with Crippen LogP contribution in [0.1, 0.15) is 48.1 Å². The smallest absolute Gasteiger partial charge is 0.262 e. The molecule has 0 spiro atoms. The number of hydrogen-bond donors (Lipinski definition) is 1. The van der Waals surface area contributed by atoms with Gasteiger partial charge in [0.1, 0.15) is 10.6 Å². The van der Waals surface area contributed by atoms with E-state index < -0.39 is 0 Å². The van der Waals surface area contributed by atoms with Crippen molar-refractivity contribution in [1.29, 1.82) is 0 Å². The Kier molecular flexibility index (Phi) is 5.14. The second kappa shape index (κ2) is 7.92. The Balaban J connectivity index is 1.42. The normalized spacial score (nSPS) is 19.6. The number of fused-ring (bicyclic) bond motifs is 3. The van der Waals surface area contributed by atoms with Crippen molar-refractivity contribution >= 4 is 21.6 Å². The fraction of sp³-hybridized carbons (Fsp3) is 0.478. The van der Waals surface area contributed by atoms with E-state index in [1.165, 1.54) is 36.1 Å². The number of methoxy groups -OCH3 is 1. The number of nitrogens with zero attached hydrogens (tertiary/aromatic N) is 2. The number of aromatic nitrogens is 2. The van der Waals surface area contributed by atoms with Crippen molar-refractivity contribution in [1.82, 2.24) is 14.9 Å². The third kappa shape index (κ3) is 3.71. The van der Waals surface area contributed by atoms with Crippen LogP contribution in [-0.2, 0) is 19.4 Å². The van der Waals surface area contributed by atoms with Crippen LogP contribution in [0, 0.1) is 0 Å². The van der Waals surface area contributed by atoms with Crippen molar-refractivity contribution in [2.45, 2.75) is 63.6 Å². The maximum atomic E-state index is 13.3. The zero-order valence-corrected chi connectivity index (χ0v) is 17.6. The average Bonchev–Trinajstić information content (AvgIpc) is 3.37. The van der Waals surface area contributed by atoms with Gasteiger partial charge in [-0.05, 0) is 55.4 Å². The van der Waals surface area contributed by atoms with E-state index in [-0.39, 0.29) is 5.56 Å². The molecule has 2 aliphatic rings. The van der Waals surface area contributed by atoms with E-state index in [1.807, 2.05) is 24.3 Å². The first kappa shape index (κ1) is 18.8. The first-order chi connectivity index (χ1) is 14.2. The molecule has 0 saturated heterocycles. The van der Waals surface area contributed by atoms with Gasteiger partial charge < -0.3 is 10.1 Å². The third-order valence-corrected chi connectivity index (χ3v) is 7.51. The SMILES string of the molecule is COc1cccc(Cn2cnc3sc4c(c3c2=O)CCC(NC2CCCC2)C4)c1. The van der Waals surface area contributed by atoms with Crippen molar-refractivity contribution < 1.29 is 4.74 Å². The third-order valence-electron chi connectivity index (χ3n) is 6.35. The van der Waals surface area contributed by atoms with Crippen LogP contribution in [0.5, 0.6) is 5.75 Å². The number of rotatable bonds is 5. The molecule has 0 radical (unpaired) electrons. The summed E-state index contributed by atoms with van der Waals surface area (Å²) in [6, 6.07) is 9.08. The van der Waals surface area contributed by atoms with Gasteiger partial charge in [0.2, 0.25) is 0 Å². The molecule has 3 aromatic rings. The lowest BCUT2D eigenvalue weighted by Gasteiger charge is -2.26. The molecule has 0 amide bonds. The van der Waals surface area contributed by atoms with Crippen LogP contribution < -0.4 is 15.6 Å². The molecule has 5 rings (SSSR count). The Morgan fingerprint density at radius 3 is 2.93 bits per heavy atom. The Morgan fingerprint density at radius 2 is 2.10 bits per heavy atom. The van der Waals surface area contributed by atoms with E-state index in [4.69, 9.17) is 4.74 Å². The van der Waals surface area contributed by atoms with Gasteiger partial charge in [-0.2, -0.15) is 0 Å². The quantitative estimate of drug-likeness (QED) is 0.694. The molecular weight excluding hydrogens is 382 g/mol. The Morgan fingerprint density at radius 1 is 1.24 bits per heavy atom. The summed E-state index contributed by atoms with van der Waals surface area (Å²) in [5.74, 6) is 0.804. The highest BCUT2D eigenvalue weighted by molar-refractivity contribution is 7.18. The maximum Gasteiger partial charge on any atom is 0.262 e. The average molecular weight is 410 g/mol. The molecule has 1 N–H and O–H groups in total. The van der Waals surface area contributed by atoms with Crippen molar-refractivity contribution in [2.75, 3.05) is 7.11 Å². The number of benzene rings is 1. The summed E-state index contributed by atoms with van der Waals surface area (Å²) in [6.45, 7) is 0.509. The van der Waals surface area contributed by atoms with E-state index in [1.54, 1.807) is 29.3 Å². The van der Waals surface area contributed by atoms with Crippen LogP contribution in [0.15, 0.2) is 35.4 Å². The van der Waals surface area contributed by atoms with Gasteiger partial charge in [-0.1, -0.05) is 25.0 Å². The van der Waals surface area contributed by atoms with Crippen molar-refractivity contribution in [2.24, 2.45) is 0 Å². The van der Waals surface area contributed by atoms with Gasteiger partial charge in [0, 0.05) is 17.0 Å². The lowest BCUT2D eigenvalue weighted by atomic mass is 9.92. The summed E-state index contributed by atoms with van der Waals surface area (Å²) in [7, 11) is 1.66. The Hall–Kier alpha value is -2.18. The fourth-order valence-corrected chi connectivity index (χ4v) is 6.11. The van der Waals surface area contributed by atoms with Gasteiger partial charge in [-0.25, -0.2) is 4.98 Å². The van der Waals surface area contributed by atoms with Crippen LogP contribution in [0.3, 0.4) is 0 Å². The molecule has 1 atom stereocenters. The minimum atomic E-state index is 0.0810. The molecule has 29 heavy (non-hydrogen) atoms. The summed E-state index contributed by atoms with van der Waals surface area (Å²) in [5, 5.41) is 4.71. The zero-order chi connectivity index (χ0) is 19.8. The topological polar surface area (TPSA) is 56.2 Å². The van der Waals surface area contributed by atoms with Crippen LogP contribution in [0.4, 0.5) is 0 Å². The largest absolute Gasteiger partial charge is 0.497 e. The van der Waals surface area contributed by atoms with Crippen molar-refractivity contribution in [3.8, 4) is 5.75 Å². The highest BCUT2D eigenvalue weighted by Crippen LogP contribution is 2.34. The second-order valence-corrected chi connectivity index (χ2v) is 9.38. The standard InChI is InChI=1S/C23H27N3O2S/c1-28-18-8-4-5-15(11-18)13-26-14-24-22-21(23(26)27)19-10-9-17(12-20(19)29-22)25-16-6-2-3-7-16/h4-5,8,11,14,16-17,25H,2-3,6-7,9-10,12-13H2,1H3. The number of hydrogen-bond acceptors (Lipinski definition) is 5. The highest BCUT2D eigenvalue weighted by Gasteiger charge is 2.27. The van der Waals surface area contributed by atoms with E-state index in [0.29, 0.717) is 18.6 Å². The summed E-state index contributed by atoms with van der Waals surface area (Å²) >= 11 is 1.71. The lowest BCUT2D eigenvalue weighted by Crippen LogP contribution is -2.40. The number of aryl methyl sites for hydroxylation is 1. The second-order valence-electron chi connectivity index (χ2n) is 8.30. The first-order valence-corrected chi connectivity index (χ1v) is 11.4. The molecule has 0 aliphatic heterocycles. The number of ether oxygens (including phenoxy) is 1. The molecule has 1 unspecified atom stereocenters. The minimum absolute atomic E-state index is 0.0810. The van der Waals surface area contributed by atoms with Gasteiger partial charge in [0.15, 0.2) is 0 Å². The lowest BCUT2D eigenvalue weighted by molar-refractivity contribution is 0.399. The summed E-state index contributed by atoms with van der Waals surface area (Å²) < 4.78 is 7.03. The molecule has 152 valence electrons. The number of thiophene rings is 1. The highest BCUT2D eigenvalue weighted by atomic mass is 32.1. The van der Waals surface area contributed by atoms with Crippen molar-refractivity contribution in [3.63, 3.8) is 0 Å². The van der Waals surface area contributed by atoms with Gasteiger partial charge >= 0.3 is 0 Å². The Labute approximate surface area is 174 Å². The first-order valence-electron chi connectivity index (χ1n) is 10.6. The maximum absolute atomic E-state index is 13.3. The van der Waals surface area contributed by atoms with Gasteiger partial charge in [-0.3, -0.25) is 9.36 Å². The zero-order valence-electron chi connectivity index (χ0n) is 16.8. The molecule has 2 aliphatic carbocycles. The monoisotopic (exact) mass is 409 g/mol. The van der Waals surface area contributed by atoms with Crippen LogP contribution in [0.2, 0.25) is 0 Å². The fourth-order valence-electron chi connectivity index (χ4n) is 4.85. The number of nitrogens with one attached hydrogen (secondary N) is 1. The molecular formula is C23H27N3O2S. The van der Waals surface area contributed by atoms with Gasteiger partial charge in [0.25, 0.3) is 5.56 Å². The molecule has 1 aromatic carbocycles. The predicted octanol–water partition coefficient (Wildman–Crippen LogP) is 3.90. The molecule has 2 heterocycles. The molecule has 5 nitrogen and oxygen atoms in total. The molecule has 1 saturated carbocycles. The van der Waals surface area contributed by atoms with E-state index in [2.05, 4.69) is 10.3 Å². The van der Waals surface area contributed by atoms with Gasteiger partial charge in [0.05, 0.1) is 25.4 Å². The van der Waals surface area contributed by atoms with Gasteiger partial charge in [-0.15, -0.1) is 11.3 Å². The minimum Gasteiger partial charge on any atom is -0.497 e. The summed E-state index contributed by atoms with van der Waals surface area (Å²) in [5.41, 5.74) is 2.36. The van der Waals surface area contributed by atoms with E-state index >= 15 is 0 Å². The van der Waals surface area contributed by atoms with Crippen LogP contribution in [0.25, 0.3) is 10.2 Å². The Bertz CT molecular complexity index is 1080. The summed E-state index contributed by atoms with van der Waals surface area (Å²) in [4.78, 5) is 20.2. The van der Waals surface area contributed by atoms with E-state index in [0.717, 1.165) is 40.8 Å². The molecule has 2 aromatic heterocycles. The van der Waals surface area contributed by atoms with Crippen molar-refractivity contribution in [3.05, 3.63) is 57.0 Å². The molecule has 1 fully saturated rings. The van der Waals surface area contributed by atoms with E-state index in [9.17, 15) is 4.79 Å².